The molecule has 3 heterocycles. The summed E-state index contributed by atoms with van der Waals surface area (Å²) in [7, 11) is 0. The summed E-state index contributed by atoms with van der Waals surface area (Å²) in [4.78, 5) is 42.0. The van der Waals surface area contributed by atoms with Crippen LogP contribution in [0, 0.1) is 20.8 Å². The Hall–Kier alpha value is -5.24. The number of hydrogen-bond donors (Lipinski definition) is 2. The second-order valence-corrected chi connectivity index (χ2v) is 9.21. The molecule has 39 heavy (non-hydrogen) atoms. The summed E-state index contributed by atoms with van der Waals surface area (Å²) < 4.78 is 3.64. The van der Waals surface area contributed by atoms with Crippen LogP contribution < -0.4 is 0 Å². The van der Waals surface area contributed by atoms with Crippen molar-refractivity contribution in [3.8, 4) is 22.6 Å². The standard InChI is InChI=1S/C31H25N3O5/c1-18-12-13-25(34(18)27-17-32-15-14-22(27)30(36)37)24-16-19(2)33(20(24)3)26-11-7-10-23(28(26)31(38)39)29(35)21-8-5-4-6-9-21/h4-17H,1-3H3,(H,36,37)(H,38,39). The molecule has 0 bridgehead atoms. The van der Waals surface area contributed by atoms with Gasteiger partial charge >= 0.3 is 11.9 Å². The first-order valence-corrected chi connectivity index (χ1v) is 12.2. The summed E-state index contributed by atoms with van der Waals surface area (Å²) in [5.41, 5.74) is 5.13. The van der Waals surface area contributed by atoms with E-state index in [1.54, 1.807) is 42.5 Å². The SMILES string of the molecule is Cc1ccc(-c2cc(C)n(-c3cccc(C(=O)c4ccccc4)c3C(=O)O)c2C)n1-c1cnccc1C(=O)O. The normalized spacial score (nSPS) is 10.9. The number of carboxylic acids is 2. The number of hydrogen-bond acceptors (Lipinski definition) is 4. The highest BCUT2D eigenvalue weighted by molar-refractivity contribution is 6.15. The Balaban J connectivity index is 1.71. The molecule has 0 atom stereocenters. The molecule has 0 saturated carbocycles. The van der Waals surface area contributed by atoms with Crippen molar-refractivity contribution < 1.29 is 24.6 Å². The van der Waals surface area contributed by atoms with Gasteiger partial charge in [0.25, 0.3) is 0 Å². The van der Waals surface area contributed by atoms with Crippen molar-refractivity contribution in [1.82, 2.24) is 14.1 Å². The number of ketones is 1. The summed E-state index contributed by atoms with van der Waals surface area (Å²) >= 11 is 0. The molecule has 2 aromatic carbocycles. The molecule has 5 aromatic rings. The molecule has 0 spiro atoms. The Morgan fingerprint density at radius 1 is 0.718 bits per heavy atom. The minimum absolute atomic E-state index is 0.0910. The van der Waals surface area contributed by atoms with Crippen molar-refractivity contribution in [3.63, 3.8) is 0 Å². The van der Waals surface area contributed by atoms with E-state index < -0.39 is 11.9 Å². The summed E-state index contributed by atoms with van der Waals surface area (Å²) in [5, 5.41) is 20.0. The van der Waals surface area contributed by atoms with Crippen molar-refractivity contribution in [2.45, 2.75) is 20.8 Å². The van der Waals surface area contributed by atoms with Gasteiger partial charge < -0.3 is 19.3 Å². The predicted molar refractivity (Wildman–Crippen MR) is 146 cm³/mol. The van der Waals surface area contributed by atoms with Gasteiger partial charge in [0.1, 0.15) is 0 Å². The van der Waals surface area contributed by atoms with Crippen LogP contribution in [0.3, 0.4) is 0 Å². The monoisotopic (exact) mass is 519 g/mol. The van der Waals surface area contributed by atoms with Gasteiger partial charge in [-0.15, -0.1) is 0 Å². The van der Waals surface area contributed by atoms with Crippen LogP contribution >= 0.6 is 0 Å². The Kier molecular flexibility index (Phi) is 6.45. The lowest BCUT2D eigenvalue weighted by atomic mass is 9.96. The fourth-order valence-electron chi connectivity index (χ4n) is 5.09. The molecule has 0 radical (unpaired) electrons. The third-order valence-electron chi connectivity index (χ3n) is 6.83. The average Bonchev–Trinajstić information content (AvgIpc) is 3.45. The van der Waals surface area contributed by atoms with Crippen LogP contribution in [0.1, 0.15) is 53.7 Å². The molecule has 194 valence electrons. The molecule has 8 heteroatoms. The van der Waals surface area contributed by atoms with Crippen molar-refractivity contribution in [2.24, 2.45) is 0 Å². The van der Waals surface area contributed by atoms with E-state index in [4.69, 9.17) is 0 Å². The molecule has 0 unspecified atom stereocenters. The van der Waals surface area contributed by atoms with E-state index in [-0.39, 0.29) is 22.5 Å². The van der Waals surface area contributed by atoms with Crippen molar-refractivity contribution in [3.05, 3.63) is 125 Å². The number of aromatic nitrogens is 3. The van der Waals surface area contributed by atoms with Crippen LogP contribution in [-0.4, -0.2) is 42.1 Å². The number of benzene rings is 2. The zero-order valence-corrected chi connectivity index (χ0v) is 21.5. The fourth-order valence-corrected chi connectivity index (χ4v) is 5.09. The van der Waals surface area contributed by atoms with Crippen molar-refractivity contribution in [2.75, 3.05) is 0 Å². The number of aromatic carboxylic acids is 2. The third kappa shape index (κ3) is 4.31. The van der Waals surface area contributed by atoms with E-state index in [9.17, 15) is 24.6 Å². The summed E-state index contributed by atoms with van der Waals surface area (Å²) in [6.45, 7) is 5.61. The number of rotatable bonds is 7. The van der Waals surface area contributed by atoms with Gasteiger partial charge in [0.15, 0.2) is 5.78 Å². The molecule has 2 N–H and O–H groups in total. The molecule has 0 fully saturated rings. The molecule has 0 aliphatic heterocycles. The minimum atomic E-state index is -1.21. The maximum Gasteiger partial charge on any atom is 0.338 e. The van der Waals surface area contributed by atoms with Crippen molar-refractivity contribution >= 4 is 17.7 Å². The molecule has 0 saturated heterocycles. The number of carbonyl (C=O) groups is 3. The second kappa shape index (κ2) is 9.90. The first kappa shape index (κ1) is 25.4. The maximum atomic E-state index is 13.3. The number of carbonyl (C=O) groups excluding carboxylic acids is 1. The minimum Gasteiger partial charge on any atom is -0.478 e. The van der Waals surface area contributed by atoms with E-state index >= 15 is 0 Å². The van der Waals surface area contributed by atoms with E-state index in [1.807, 2.05) is 48.1 Å². The molecule has 0 aliphatic carbocycles. The Labute approximate surface area is 224 Å². The van der Waals surface area contributed by atoms with E-state index in [2.05, 4.69) is 4.98 Å². The van der Waals surface area contributed by atoms with Gasteiger partial charge in [-0.05, 0) is 51.1 Å². The van der Waals surface area contributed by atoms with Crippen LogP contribution in [0.2, 0.25) is 0 Å². The molecule has 3 aromatic heterocycles. The quantitative estimate of drug-likeness (QED) is 0.260. The highest BCUT2D eigenvalue weighted by atomic mass is 16.4. The van der Waals surface area contributed by atoms with Gasteiger partial charge in [-0.2, -0.15) is 0 Å². The summed E-state index contributed by atoms with van der Waals surface area (Å²) in [6.07, 6.45) is 2.95. The lowest BCUT2D eigenvalue weighted by Crippen LogP contribution is -2.15. The lowest BCUT2D eigenvalue weighted by Gasteiger charge is -2.17. The maximum absolute atomic E-state index is 13.3. The van der Waals surface area contributed by atoms with Gasteiger partial charge in [-0.3, -0.25) is 9.78 Å². The van der Waals surface area contributed by atoms with Gasteiger partial charge in [0.05, 0.1) is 34.4 Å². The average molecular weight is 520 g/mol. The second-order valence-electron chi connectivity index (χ2n) is 9.21. The third-order valence-corrected chi connectivity index (χ3v) is 6.83. The Morgan fingerprint density at radius 2 is 1.46 bits per heavy atom. The first-order chi connectivity index (χ1) is 18.7. The summed E-state index contributed by atoms with van der Waals surface area (Å²) in [6, 6.07) is 20.6. The van der Waals surface area contributed by atoms with Crippen molar-refractivity contribution in [1.29, 1.82) is 0 Å². The molecule has 5 rings (SSSR count). The topological polar surface area (TPSA) is 114 Å². The molecular formula is C31H25N3O5. The van der Waals surface area contributed by atoms with E-state index in [0.29, 0.717) is 16.9 Å². The van der Waals surface area contributed by atoms with Gasteiger partial charge in [-0.1, -0.05) is 42.5 Å². The molecule has 8 nitrogen and oxygen atoms in total. The summed E-state index contributed by atoms with van der Waals surface area (Å²) in [5.74, 6) is -2.65. The predicted octanol–water partition coefficient (Wildman–Crippen LogP) is 5.88. The first-order valence-electron chi connectivity index (χ1n) is 12.2. The van der Waals surface area contributed by atoms with E-state index in [1.165, 1.54) is 24.5 Å². The number of aryl methyl sites for hydroxylation is 2. The van der Waals surface area contributed by atoms with Crippen LogP contribution in [0.15, 0.2) is 85.2 Å². The van der Waals surface area contributed by atoms with Crippen LogP contribution in [-0.2, 0) is 0 Å². The molecular weight excluding hydrogens is 494 g/mol. The number of nitrogens with zero attached hydrogens (tertiary/aromatic N) is 3. The zero-order chi connectivity index (χ0) is 27.8. The largest absolute Gasteiger partial charge is 0.478 e. The van der Waals surface area contributed by atoms with Gasteiger partial charge in [-0.25, -0.2) is 9.59 Å². The zero-order valence-electron chi connectivity index (χ0n) is 21.5. The molecule has 0 amide bonds. The van der Waals surface area contributed by atoms with Gasteiger partial charge in [0, 0.05) is 40.0 Å². The van der Waals surface area contributed by atoms with Crippen LogP contribution in [0.4, 0.5) is 0 Å². The number of carboxylic acid groups (broad SMARTS) is 2. The van der Waals surface area contributed by atoms with Gasteiger partial charge in [0.2, 0.25) is 0 Å². The molecule has 0 aliphatic rings. The van der Waals surface area contributed by atoms with E-state index in [0.717, 1.165) is 28.3 Å². The highest BCUT2D eigenvalue weighted by Gasteiger charge is 2.26. The Morgan fingerprint density at radius 3 is 2.15 bits per heavy atom. The lowest BCUT2D eigenvalue weighted by molar-refractivity contribution is 0.0684. The highest BCUT2D eigenvalue weighted by Crippen LogP contribution is 2.35. The van der Waals surface area contributed by atoms with Crippen LogP contribution in [0.5, 0.6) is 0 Å². The fraction of sp³-hybridized carbons (Fsp3) is 0.0968. The smallest absolute Gasteiger partial charge is 0.338 e. The number of pyridine rings is 1. The van der Waals surface area contributed by atoms with Crippen LogP contribution in [0.25, 0.3) is 22.6 Å². The Bertz CT molecular complexity index is 1760.